The minimum Gasteiger partial charge on any atom is -0.505 e. The largest absolute Gasteiger partial charge is 0.505 e. The van der Waals surface area contributed by atoms with Gasteiger partial charge in [-0.15, -0.1) is 0 Å². The zero-order valence-electron chi connectivity index (χ0n) is 14.3. The van der Waals surface area contributed by atoms with E-state index in [0.29, 0.717) is 23.4 Å². The molecule has 4 rings (SSSR count). The van der Waals surface area contributed by atoms with Crippen LogP contribution in [0.3, 0.4) is 0 Å². The van der Waals surface area contributed by atoms with Crippen LogP contribution in [-0.2, 0) is 28.9 Å². The molecule has 2 heterocycles. The van der Waals surface area contributed by atoms with E-state index in [2.05, 4.69) is 10.3 Å². The van der Waals surface area contributed by atoms with Crippen LogP contribution < -0.4 is 5.32 Å². The van der Waals surface area contributed by atoms with Crippen LogP contribution in [0.2, 0.25) is 0 Å². The number of fused-ring (bicyclic) bond motifs is 2. The summed E-state index contributed by atoms with van der Waals surface area (Å²) in [5.74, 6) is -0.838. The molecule has 1 amide bonds. The van der Waals surface area contributed by atoms with E-state index < -0.39 is 5.97 Å². The maximum absolute atomic E-state index is 12.4. The summed E-state index contributed by atoms with van der Waals surface area (Å²) < 4.78 is 0. The number of hydrogen-bond acceptors (Lipinski definition) is 3. The molecule has 1 aliphatic heterocycles. The van der Waals surface area contributed by atoms with Gasteiger partial charge >= 0.3 is 5.97 Å². The van der Waals surface area contributed by atoms with E-state index in [1.54, 1.807) is 12.1 Å². The molecular formula is C20H20N2O4. The fourth-order valence-corrected chi connectivity index (χ4v) is 3.72. The second-order valence-corrected chi connectivity index (χ2v) is 6.84. The van der Waals surface area contributed by atoms with Gasteiger partial charge < -0.3 is 20.5 Å². The Morgan fingerprint density at radius 1 is 1.23 bits per heavy atom. The average Bonchev–Trinajstić information content (AvgIpc) is 3.11. The molecule has 0 fully saturated rings. The van der Waals surface area contributed by atoms with E-state index in [1.165, 1.54) is 0 Å². The second-order valence-electron chi connectivity index (χ2n) is 6.84. The summed E-state index contributed by atoms with van der Waals surface area (Å²) >= 11 is 0. The fourth-order valence-electron chi connectivity index (χ4n) is 3.72. The lowest BCUT2D eigenvalue weighted by atomic mass is 9.97. The molecule has 0 saturated carbocycles. The summed E-state index contributed by atoms with van der Waals surface area (Å²) in [5.41, 5.74) is 5.35. The normalized spacial score (nSPS) is 17.1. The number of benzene rings is 1. The molecule has 0 bridgehead atoms. The van der Waals surface area contributed by atoms with Crippen LogP contribution >= 0.6 is 0 Å². The summed E-state index contributed by atoms with van der Waals surface area (Å²) in [6.07, 6.45) is 6.06. The van der Waals surface area contributed by atoms with Gasteiger partial charge in [-0.3, -0.25) is 9.59 Å². The molecule has 0 spiro atoms. The van der Waals surface area contributed by atoms with Crippen LogP contribution in [0.25, 0.3) is 11.6 Å². The van der Waals surface area contributed by atoms with Crippen molar-refractivity contribution < 1.29 is 19.8 Å². The van der Waals surface area contributed by atoms with Crippen molar-refractivity contribution >= 4 is 29.2 Å². The third-order valence-corrected chi connectivity index (χ3v) is 5.08. The third-order valence-electron chi connectivity index (χ3n) is 5.08. The first-order valence-electron chi connectivity index (χ1n) is 8.84. The Labute approximate surface area is 150 Å². The number of carboxylic acids is 1. The highest BCUT2D eigenvalue weighted by atomic mass is 16.4. The summed E-state index contributed by atoms with van der Waals surface area (Å²) in [5, 5.41) is 22.2. The van der Waals surface area contributed by atoms with Crippen LogP contribution in [0.15, 0.2) is 18.2 Å². The second kappa shape index (κ2) is 6.37. The average molecular weight is 352 g/mol. The Kier molecular flexibility index (Phi) is 4.03. The molecule has 26 heavy (non-hydrogen) atoms. The van der Waals surface area contributed by atoms with Crippen LogP contribution in [0.1, 0.15) is 47.3 Å². The molecule has 4 N–H and O–H groups in total. The van der Waals surface area contributed by atoms with Crippen molar-refractivity contribution in [3.05, 3.63) is 46.3 Å². The Morgan fingerprint density at radius 2 is 2.04 bits per heavy atom. The minimum atomic E-state index is -0.850. The maximum atomic E-state index is 12.4. The van der Waals surface area contributed by atoms with Crippen molar-refractivity contribution in [3.63, 3.8) is 0 Å². The molecule has 2 aliphatic rings. The number of aromatic nitrogens is 1. The van der Waals surface area contributed by atoms with Crippen LogP contribution in [0.5, 0.6) is 5.75 Å². The molecule has 0 unspecified atom stereocenters. The molecule has 0 saturated heterocycles. The number of aromatic amines is 1. The molecule has 6 heteroatoms. The Bertz CT molecular complexity index is 940. The fraction of sp³-hybridized carbons (Fsp3) is 0.300. The van der Waals surface area contributed by atoms with Gasteiger partial charge in [-0.2, -0.15) is 0 Å². The Balaban J connectivity index is 1.71. The van der Waals surface area contributed by atoms with Crippen molar-refractivity contribution in [2.45, 2.75) is 38.5 Å². The van der Waals surface area contributed by atoms with Crippen molar-refractivity contribution in [2.75, 3.05) is 5.32 Å². The van der Waals surface area contributed by atoms with Crippen molar-refractivity contribution in [1.29, 1.82) is 0 Å². The number of hydrogen-bond donors (Lipinski definition) is 4. The highest BCUT2D eigenvalue weighted by Crippen LogP contribution is 2.38. The SMILES string of the molecule is O=C(O)CCc1ccc2c(c1)C(=Cc1[nH]c3c(c1O)CCCC3)C(=O)N2. The molecule has 0 radical (unpaired) electrons. The summed E-state index contributed by atoms with van der Waals surface area (Å²) in [6, 6.07) is 5.47. The topological polar surface area (TPSA) is 102 Å². The first-order chi connectivity index (χ1) is 12.5. The smallest absolute Gasteiger partial charge is 0.303 e. The van der Waals surface area contributed by atoms with Crippen LogP contribution in [0.4, 0.5) is 5.69 Å². The number of aryl methyl sites for hydroxylation is 2. The Morgan fingerprint density at radius 3 is 2.81 bits per heavy atom. The predicted octanol–water partition coefficient (Wildman–Crippen LogP) is 3.11. The van der Waals surface area contributed by atoms with Gasteiger partial charge in [0.05, 0.1) is 11.3 Å². The van der Waals surface area contributed by atoms with E-state index in [9.17, 15) is 14.7 Å². The number of carbonyl (C=O) groups excluding carboxylic acids is 1. The predicted molar refractivity (Wildman–Crippen MR) is 98.0 cm³/mol. The standard InChI is InChI=1S/C20H20N2O4/c23-18(24)8-6-11-5-7-16-13(9-11)14(20(26)22-16)10-17-19(25)12-3-1-2-4-15(12)21-17/h5,7,9-10,21,25H,1-4,6,8H2,(H,22,26)(H,23,24). The van der Waals surface area contributed by atoms with Crippen molar-refractivity contribution in [2.24, 2.45) is 0 Å². The quantitative estimate of drug-likeness (QED) is 0.635. The van der Waals surface area contributed by atoms with Gasteiger partial charge in [0.25, 0.3) is 5.91 Å². The maximum Gasteiger partial charge on any atom is 0.303 e. The number of aromatic hydroxyl groups is 1. The van der Waals surface area contributed by atoms with Gasteiger partial charge in [-0.1, -0.05) is 6.07 Å². The molecule has 6 nitrogen and oxygen atoms in total. The van der Waals surface area contributed by atoms with E-state index in [-0.39, 0.29) is 18.1 Å². The number of anilines is 1. The Hall–Kier alpha value is -3.02. The number of aliphatic carboxylic acids is 1. The van der Waals surface area contributed by atoms with Gasteiger partial charge in [-0.05, 0) is 55.9 Å². The molecule has 0 atom stereocenters. The zero-order chi connectivity index (χ0) is 18.3. The van der Waals surface area contributed by atoms with Crippen molar-refractivity contribution in [3.8, 4) is 5.75 Å². The first-order valence-corrected chi connectivity index (χ1v) is 8.84. The molecular weight excluding hydrogens is 332 g/mol. The monoisotopic (exact) mass is 352 g/mol. The summed E-state index contributed by atoms with van der Waals surface area (Å²) in [7, 11) is 0. The van der Waals surface area contributed by atoms with Crippen LogP contribution in [-0.4, -0.2) is 27.1 Å². The molecule has 1 aliphatic carbocycles. The molecule has 1 aromatic heterocycles. The van der Waals surface area contributed by atoms with Gasteiger partial charge in [0.1, 0.15) is 5.75 Å². The number of carbonyl (C=O) groups is 2. The van der Waals surface area contributed by atoms with Crippen LogP contribution in [0, 0.1) is 0 Å². The van der Waals surface area contributed by atoms with Gasteiger partial charge in [-0.25, -0.2) is 0 Å². The number of H-pyrrole nitrogens is 1. The lowest BCUT2D eigenvalue weighted by Crippen LogP contribution is -2.03. The molecule has 2 aromatic rings. The summed E-state index contributed by atoms with van der Waals surface area (Å²) in [6.45, 7) is 0. The first kappa shape index (κ1) is 16.4. The third kappa shape index (κ3) is 2.87. The highest BCUT2D eigenvalue weighted by Gasteiger charge is 2.26. The number of rotatable bonds is 4. The number of amides is 1. The minimum absolute atomic E-state index is 0.0450. The zero-order valence-corrected chi connectivity index (χ0v) is 14.3. The van der Waals surface area contributed by atoms with E-state index >= 15 is 0 Å². The van der Waals surface area contributed by atoms with Gasteiger partial charge in [0.2, 0.25) is 0 Å². The number of nitrogens with one attached hydrogen (secondary N) is 2. The van der Waals surface area contributed by atoms with Crippen molar-refractivity contribution in [1.82, 2.24) is 4.98 Å². The van der Waals surface area contributed by atoms with E-state index in [4.69, 9.17) is 5.11 Å². The van der Waals surface area contributed by atoms with E-state index in [0.717, 1.165) is 48.1 Å². The lowest BCUT2D eigenvalue weighted by Gasteiger charge is -2.09. The van der Waals surface area contributed by atoms with Gasteiger partial charge in [0, 0.05) is 28.9 Å². The van der Waals surface area contributed by atoms with Gasteiger partial charge in [0.15, 0.2) is 0 Å². The lowest BCUT2D eigenvalue weighted by molar-refractivity contribution is -0.137. The van der Waals surface area contributed by atoms with E-state index in [1.807, 2.05) is 12.1 Å². The molecule has 1 aromatic carbocycles. The molecule has 134 valence electrons. The highest BCUT2D eigenvalue weighted by molar-refractivity contribution is 6.35. The number of carboxylic acid groups (broad SMARTS) is 1. The summed E-state index contributed by atoms with van der Waals surface area (Å²) in [4.78, 5) is 26.4.